The van der Waals surface area contributed by atoms with Crippen LogP contribution in [0.4, 0.5) is 4.79 Å². The highest BCUT2D eigenvalue weighted by Gasteiger charge is 2.32. The lowest BCUT2D eigenvalue weighted by Crippen LogP contribution is -2.54. The minimum Gasteiger partial charge on any atom is -0.480 e. The normalized spacial score (nSPS) is 23.2. The molecule has 116 valence electrons. The van der Waals surface area contributed by atoms with E-state index in [4.69, 9.17) is 9.84 Å². The first-order valence-corrected chi connectivity index (χ1v) is 7.11. The van der Waals surface area contributed by atoms with Crippen molar-refractivity contribution in [1.29, 1.82) is 0 Å². The fourth-order valence-electron chi connectivity index (χ4n) is 2.50. The van der Waals surface area contributed by atoms with Crippen molar-refractivity contribution in [3.8, 4) is 0 Å². The van der Waals surface area contributed by atoms with E-state index in [1.165, 1.54) is 0 Å². The Kier molecular flexibility index (Phi) is 5.80. The van der Waals surface area contributed by atoms with E-state index in [1.807, 2.05) is 20.8 Å². The molecule has 0 unspecified atom stereocenters. The molecule has 0 radical (unpaired) electrons. The quantitative estimate of drug-likeness (QED) is 0.824. The molecule has 1 aliphatic rings. The van der Waals surface area contributed by atoms with E-state index in [0.29, 0.717) is 0 Å². The lowest BCUT2D eigenvalue weighted by molar-refractivity contribution is -0.136. The minimum atomic E-state index is -0.880. The van der Waals surface area contributed by atoms with E-state index in [-0.39, 0.29) is 24.7 Å². The third-order valence-electron chi connectivity index (χ3n) is 3.42. The Morgan fingerprint density at radius 3 is 2.45 bits per heavy atom. The van der Waals surface area contributed by atoms with Gasteiger partial charge in [-0.1, -0.05) is 12.8 Å². The van der Waals surface area contributed by atoms with E-state index < -0.39 is 11.6 Å². The Hall–Kier alpha value is -1.30. The molecule has 2 N–H and O–H groups in total. The molecule has 0 bridgehead atoms. The van der Waals surface area contributed by atoms with Crippen LogP contribution in [0.5, 0.6) is 0 Å². The second-order valence-electron chi connectivity index (χ2n) is 6.32. The number of rotatable bonds is 4. The van der Waals surface area contributed by atoms with Crippen molar-refractivity contribution in [3.05, 3.63) is 0 Å². The van der Waals surface area contributed by atoms with E-state index >= 15 is 0 Å². The Balaban J connectivity index is 2.64. The maximum absolute atomic E-state index is 12.1. The van der Waals surface area contributed by atoms with Crippen LogP contribution in [-0.2, 0) is 9.53 Å². The van der Waals surface area contributed by atoms with Crippen LogP contribution in [0.25, 0.3) is 0 Å². The number of aliphatic carboxylic acids is 1. The number of likely N-dealkylation sites (N-methyl/N-ethyl adjacent to an activating group) is 1. The molecule has 2 atom stereocenters. The van der Waals surface area contributed by atoms with Gasteiger partial charge in [-0.25, -0.2) is 4.79 Å². The Morgan fingerprint density at radius 1 is 1.30 bits per heavy atom. The van der Waals surface area contributed by atoms with Gasteiger partial charge in [-0.2, -0.15) is 0 Å². The van der Waals surface area contributed by atoms with E-state index in [1.54, 1.807) is 11.9 Å². The molecule has 0 aromatic rings. The van der Waals surface area contributed by atoms with Gasteiger partial charge in [-0.15, -0.1) is 0 Å². The highest BCUT2D eigenvalue weighted by atomic mass is 16.6. The van der Waals surface area contributed by atoms with Gasteiger partial charge < -0.3 is 20.1 Å². The average molecular weight is 286 g/mol. The van der Waals surface area contributed by atoms with Crippen LogP contribution < -0.4 is 5.32 Å². The van der Waals surface area contributed by atoms with Crippen molar-refractivity contribution in [2.24, 2.45) is 0 Å². The van der Waals surface area contributed by atoms with Crippen molar-refractivity contribution in [1.82, 2.24) is 10.2 Å². The summed E-state index contributed by atoms with van der Waals surface area (Å²) in [6.07, 6.45) is 3.49. The molecular weight excluding hydrogens is 260 g/mol. The van der Waals surface area contributed by atoms with Gasteiger partial charge in [0, 0.05) is 13.1 Å². The monoisotopic (exact) mass is 286 g/mol. The van der Waals surface area contributed by atoms with Gasteiger partial charge in [0.1, 0.15) is 5.60 Å². The van der Waals surface area contributed by atoms with Crippen LogP contribution in [0.3, 0.4) is 0 Å². The van der Waals surface area contributed by atoms with Gasteiger partial charge in [-0.05, 0) is 33.6 Å². The zero-order chi connectivity index (χ0) is 15.3. The van der Waals surface area contributed by atoms with E-state index in [9.17, 15) is 9.59 Å². The molecule has 0 spiro atoms. The summed E-state index contributed by atoms with van der Waals surface area (Å²) >= 11 is 0. The third kappa shape index (κ3) is 5.36. The fraction of sp³-hybridized carbons (Fsp3) is 0.857. The Morgan fingerprint density at radius 2 is 1.90 bits per heavy atom. The molecule has 20 heavy (non-hydrogen) atoms. The summed E-state index contributed by atoms with van der Waals surface area (Å²) < 4.78 is 5.37. The summed E-state index contributed by atoms with van der Waals surface area (Å²) in [6.45, 7) is 5.42. The van der Waals surface area contributed by atoms with Gasteiger partial charge in [0.2, 0.25) is 0 Å². The van der Waals surface area contributed by atoms with Gasteiger partial charge in [0.15, 0.2) is 0 Å². The highest BCUT2D eigenvalue weighted by Crippen LogP contribution is 2.24. The number of carbonyl (C=O) groups is 2. The summed E-state index contributed by atoms with van der Waals surface area (Å²) in [4.78, 5) is 24.4. The second kappa shape index (κ2) is 6.92. The second-order valence-corrected chi connectivity index (χ2v) is 6.32. The largest absolute Gasteiger partial charge is 0.480 e. The van der Waals surface area contributed by atoms with Crippen molar-refractivity contribution >= 4 is 12.1 Å². The number of hydrogen-bond acceptors (Lipinski definition) is 4. The molecule has 0 saturated heterocycles. The molecule has 0 aliphatic heterocycles. The summed E-state index contributed by atoms with van der Waals surface area (Å²) in [5.41, 5.74) is -0.524. The van der Waals surface area contributed by atoms with Gasteiger partial charge in [0.25, 0.3) is 0 Å². The standard InChI is InChI=1S/C14H26N2O4/c1-14(2,3)20-13(19)16(4)11-8-6-5-7-10(11)15-9-12(17)18/h10-11,15H,5-9H2,1-4H3,(H,17,18)/t10-,11-/m0/s1. The molecule has 0 aromatic heterocycles. The molecule has 1 amide bonds. The maximum atomic E-state index is 12.1. The first kappa shape index (κ1) is 16.8. The summed E-state index contributed by atoms with van der Waals surface area (Å²) in [5, 5.41) is 11.8. The third-order valence-corrected chi connectivity index (χ3v) is 3.42. The number of nitrogens with one attached hydrogen (secondary N) is 1. The molecule has 6 heteroatoms. The zero-order valence-electron chi connectivity index (χ0n) is 12.8. The van der Waals surface area contributed by atoms with Gasteiger partial charge in [-0.3, -0.25) is 4.79 Å². The zero-order valence-corrected chi connectivity index (χ0v) is 12.8. The Bertz CT molecular complexity index is 352. The van der Waals surface area contributed by atoms with Crippen molar-refractivity contribution in [3.63, 3.8) is 0 Å². The number of ether oxygens (including phenoxy) is 1. The van der Waals surface area contributed by atoms with Crippen LogP contribution >= 0.6 is 0 Å². The first-order valence-electron chi connectivity index (χ1n) is 7.11. The molecule has 1 saturated carbocycles. The molecule has 1 rings (SSSR count). The predicted molar refractivity (Wildman–Crippen MR) is 75.7 cm³/mol. The molecular formula is C14H26N2O4. The van der Waals surface area contributed by atoms with Crippen LogP contribution in [0.15, 0.2) is 0 Å². The number of hydrogen-bond donors (Lipinski definition) is 2. The average Bonchev–Trinajstić information content (AvgIpc) is 2.33. The Labute approximate surface area is 120 Å². The molecule has 1 aliphatic carbocycles. The summed E-state index contributed by atoms with van der Waals surface area (Å²) in [7, 11) is 1.72. The fourth-order valence-corrected chi connectivity index (χ4v) is 2.50. The maximum Gasteiger partial charge on any atom is 0.410 e. The topological polar surface area (TPSA) is 78.9 Å². The molecule has 0 heterocycles. The lowest BCUT2D eigenvalue weighted by atomic mass is 9.89. The number of carboxylic acids is 1. The molecule has 0 aromatic carbocycles. The predicted octanol–water partition coefficient (Wildman–Crippen LogP) is 1.84. The highest BCUT2D eigenvalue weighted by molar-refractivity contribution is 5.69. The number of nitrogens with zero attached hydrogens (tertiary/aromatic N) is 1. The summed E-state index contributed by atoms with van der Waals surface area (Å²) in [6, 6.07) is -0.00433. The van der Waals surface area contributed by atoms with Crippen LogP contribution in [0.1, 0.15) is 46.5 Å². The first-order chi connectivity index (χ1) is 9.20. The van der Waals surface area contributed by atoms with Gasteiger partial charge >= 0.3 is 12.1 Å². The van der Waals surface area contributed by atoms with Crippen LogP contribution in [-0.4, -0.2) is 53.3 Å². The van der Waals surface area contributed by atoms with Crippen molar-refractivity contribution < 1.29 is 19.4 Å². The SMILES string of the molecule is CN(C(=O)OC(C)(C)C)[C@H]1CCCC[C@@H]1NCC(=O)O. The summed E-state index contributed by atoms with van der Waals surface area (Å²) in [5.74, 6) is -0.880. The smallest absolute Gasteiger partial charge is 0.410 e. The molecule has 1 fully saturated rings. The van der Waals surface area contributed by atoms with E-state index in [2.05, 4.69) is 5.32 Å². The van der Waals surface area contributed by atoms with Crippen LogP contribution in [0.2, 0.25) is 0 Å². The lowest BCUT2D eigenvalue weighted by Gasteiger charge is -2.38. The van der Waals surface area contributed by atoms with Crippen molar-refractivity contribution in [2.45, 2.75) is 64.1 Å². The van der Waals surface area contributed by atoms with E-state index in [0.717, 1.165) is 25.7 Å². The minimum absolute atomic E-state index is 0.0115. The van der Waals surface area contributed by atoms with Gasteiger partial charge in [0.05, 0.1) is 12.6 Å². The number of amides is 1. The number of carboxylic acid groups (broad SMARTS) is 1. The van der Waals surface area contributed by atoms with Crippen LogP contribution in [0, 0.1) is 0 Å². The molecule has 6 nitrogen and oxygen atoms in total. The van der Waals surface area contributed by atoms with Crippen molar-refractivity contribution in [2.75, 3.05) is 13.6 Å². The number of carbonyl (C=O) groups excluding carboxylic acids is 1.